The third kappa shape index (κ3) is 2.06. The standard InChI is InChI=1S/C11H10IN5O/c1-6-4-3-5-8-14-10(7(2)15-16-13)9(12)11(18)17(6)8/h3-5,7H,1-2H3. The van der Waals surface area contributed by atoms with Crippen molar-refractivity contribution in [2.75, 3.05) is 0 Å². The van der Waals surface area contributed by atoms with Crippen molar-refractivity contribution in [2.24, 2.45) is 5.11 Å². The number of fused-ring (bicyclic) bond motifs is 1. The molecule has 0 aromatic carbocycles. The Balaban J connectivity index is 2.84. The van der Waals surface area contributed by atoms with E-state index in [1.54, 1.807) is 17.4 Å². The fourth-order valence-corrected chi connectivity index (χ4v) is 2.56. The zero-order chi connectivity index (χ0) is 13.3. The number of aryl methyl sites for hydroxylation is 1. The second kappa shape index (κ2) is 4.95. The average molecular weight is 355 g/mol. The predicted molar refractivity (Wildman–Crippen MR) is 76.5 cm³/mol. The van der Waals surface area contributed by atoms with Gasteiger partial charge in [0.05, 0.1) is 11.7 Å². The molecule has 0 saturated heterocycles. The lowest BCUT2D eigenvalue weighted by molar-refractivity contribution is 0.755. The average Bonchev–Trinajstić information content (AvgIpc) is 2.33. The van der Waals surface area contributed by atoms with Crippen molar-refractivity contribution in [3.05, 3.63) is 54.0 Å². The first-order valence-electron chi connectivity index (χ1n) is 5.28. The molecule has 2 aromatic rings. The molecule has 0 fully saturated rings. The van der Waals surface area contributed by atoms with Gasteiger partial charge in [0.25, 0.3) is 5.56 Å². The van der Waals surface area contributed by atoms with Crippen LogP contribution in [0.1, 0.15) is 24.4 Å². The highest BCUT2D eigenvalue weighted by atomic mass is 127. The molecule has 0 radical (unpaired) electrons. The van der Waals surface area contributed by atoms with Gasteiger partial charge in [0.15, 0.2) is 0 Å². The van der Waals surface area contributed by atoms with E-state index in [-0.39, 0.29) is 5.56 Å². The van der Waals surface area contributed by atoms with Gasteiger partial charge in [0.2, 0.25) is 0 Å². The van der Waals surface area contributed by atoms with E-state index in [0.29, 0.717) is 14.9 Å². The summed E-state index contributed by atoms with van der Waals surface area (Å²) in [7, 11) is 0. The van der Waals surface area contributed by atoms with Crippen molar-refractivity contribution < 1.29 is 0 Å². The molecule has 0 saturated carbocycles. The number of halogens is 1. The van der Waals surface area contributed by atoms with E-state index in [1.165, 1.54) is 0 Å². The van der Waals surface area contributed by atoms with Crippen molar-refractivity contribution in [2.45, 2.75) is 19.9 Å². The molecule has 2 aromatic heterocycles. The van der Waals surface area contributed by atoms with Gasteiger partial charge >= 0.3 is 0 Å². The SMILES string of the molecule is Cc1cccc2nc(C(C)N=[N+]=[N-])c(I)c(=O)n12. The van der Waals surface area contributed by atoms with Crippen LogP contribution in [0.3, 0.4) is 0 Å². The third-order valence-corrected chi connectivity index (χ3v) is 3.65. The molecule has 0 N–H and O–H groups in total. The number of nitrogens with zero attached hydrogens (tertiary/aromatic N) is 5. The van der Waals surface area contributed by atoms with Crippen LogP contribution in [0.5, 0.6) is 0 Å². The largest absolute Gasteiger partial charge is 0.271 e. The van der Waals surface area contributed by atoms with Crippen molar-refractivity contribution in [3.63, 3.8) is 0 Å². The minimum absolute atomic E-state index is 0.131. The van der Waals surface area contributed by atoms with Crippen LogP contribution in [-0.4, -0.2) is 9.38 Å². The summed E-state index contributed by atoms with van der Waals surface area (Å²) in [5.74, 6) is 0. The molecule has 6 nitrogen and oxygen atoms in total. The van der Waals surface area contributed by atoms with Crippen molar-refractivity contribution >= 4 is 28.2 Å². The molecule has 1 unspecified atom stereocenters. The summed E-state index contributed by atoms with van der Waals surface area (Å²) < 4.78 is 2.04. The first-order valence-corrected chi connectivity index (χ1v) is 6.36. The molecule has 0 aliphatic rings. The Morgan fingerprint density at radius 1 is 1.56 bits per heavy atom. The van der Waals surface area contributed by atoms with Crippen LogP contribution < -0.4 is 5.56 Å². The lowest BCUT2D eigenvalue weighted by Gasteiger charge is -2.10. The van der Waals surface area contributed by atoms with Gasteiger partial charge in [-0.15, -0.1) is 0 Å². The minimum atomic E-state index is -0.458. The highest BCUT2D eigenvalue weighted by Crippen LogP contribution is 2.19. The van der Waals surface area contributed by atoms with Crippen LogP contribution in [0.4, 0.5) is 0 Å². The molecule has 92 valence electrons. The Morgan fingerprint density at radius 2 is 2.28 bits per heavy atom. The molecule has 1 atom stereocenters. The summed E-state index contributed by atoms with van der Waals surface area (Å²) >= 11 is 1.95. The van der Waals surface area contributed by atoms with E-state index >= 15 is 0 Å². The van der Waals surface area contributed by atoms with Gasteiger partial charge < -0.3 is 0 Å². The van der Waals surface area contributed by atoms with E-state index in [9.17, 15) is 4.79 Å². The Kier molecular flexibility index (Phi) is 3.53. The van der Waals surface area contributed by atoms with Crippen LogP contribution in [0, 0.1) is 10.5 Å². The Labute approximate surface area is 116 Å². The second-order valence-corrected chi connectivity index (χ2v) is 4.94. The number of hydrogen-bond acceptors (Lipinski definition) is 3. The highest BCUT2D eigenvalue weighted by Gasteiger charge is 2.15. The van der Waals surface area contributed by atoms with Crippen LogP contribution in [-0.2, 0) is 0 Å². The fraction of sp³-hybridized carbons (Fsp3) is 0.273. The van der Waals surface area contributed by atoms with Crippen molar-refractivity contribution in [3.8, 4) is 0 Å². The summed E-state index contributed by atoms with van der Waals surface area (Å²) in [6.07, 6.45) is 0. The molecule has 0 spiro atoms. The number of hydrogen-bond donors (Lipinski definition) is 0. The maximum Gasteiger partial charge on any atom is 0.271 e. The first-order chi connectivity index (χ1) is 8.56. The summed E-state index contributed by atoms with van der Waals surface area (Å²) in [5, 5.41) is 3.59. The van der Waals surface area contributed by atoms with Crippen LogP contribution >= 0.6 is 22.6 Å². The van der Waals surface area contributed by atoms with E-state index in [2.05, 4.69) is 15.0 Å². The normalized spacial score (nSPS) is 12.2. The smallest absolute Gasteiger partial charge is 0.268 e. The van der Waals surface area contributed by atoms with Gasteiger partial charge in [0, 0.05) is 10.6 Å². The number of pyridine rings is 1. The maximum absolute atomic E-state index is 12.3. The fourth-order valence-electron chi connectivity index (χ4n) is 1.74. The number of azide groups is 1. The molecule has 2 heterocycles. The number of rotatable bonds is 2. The lowest BCUT2D eigenvalue weighted by atomic mass is 10.2. The zero-order valence-electron chi connectivity index (χ0n) is 9.83. The van der Waals surface area contributed by atoms with E-state index in [0.717, 1.165) is 5.69 Å². The molecule has 0 aliphatic carbocycles. The maximum atomic E-state index is 12.3. The molecule has 0 bridgehead atoms. The summed E-state index contributed by atoms with van der Waals surface area (Å²) in [6.45, 7) is 3.57. The topological polar surface area (TPSA) is 83.1 Å². The monoisotopic (exact) mass is 355 g/mol. The minimum Gasteiger partial charge on any atom is -0.268 e. The van der Waals surface area contributed by atoms with E-state index in [1.807, 2.05) is 41.6 Å². The van der Waals surface area contributed by atoms with E-state index in [4.69, 9.17) is 5.53 Å². The quantitative estimate of drug-likeness (QED) is 0.359. The molecular weight excluding hydrogens is 345 g/mol. The van der Waals surface area contributed by atoms with Gasteiger partial charge in [0.1, 0.15) is 9.22 Å². The second-order valence-electron chi connectivity index (χ2n) is 3.86. The Morgan fingerprint density at radius 3 is 2.94 bits per heavy atom. The first kappa shape index (κ1) is 12.8. The molecule has 0 aliphatic heterocycles. The molecular formula is C11H10IN5O. The zero-order valence-corrected chi connectivity index (χ0v) is 12.0. The third-order valence-electron chi connectivity index (χ3n) is 2.64. The predicted octanol–water partition coefficient (Wildman–Crippen LogP) is 2.98. The Hall–Kier alpha value is -1.60. The van der Waals surface area contributed by atoms with Crippen LogP contribution in [0.2, 0.25) is 0 Å². The molecule has 18 heavy (non-hydrogen) atoms. The van der Waals surface area contributed by atoms with Gasteiger partial charge in [-0.1, -0.05) is 18.1 Å². The van der Waals surface area contributed by atoms with Gasteiger partial charge in [-0.25, -0.2) is 4.98 Å². The van der Waals surface area contributed by atoms with E-state index < -0.39 is 6.04 Å². The van der Waals surface area contributed by atoms with Crippen LogP contribution in [0.25, 0.3) is 16.1 Å². The van der Waals surface area contributed by atoms with Crippen molar-refractivity contribution in [1.82, 2.24) is 9.38 Å². The van der Waals surface area contributed by atoms with Crippen LogP contribution in [0.15, 0.2) is 28.1 Å². The Bertz CT molecular complexity index is 717. The number of aromatic nitrogens is 2. The molecule has 0 amide bonds. The summed E-state index contributed by atoms with van der Waals surface area (Å²) in [4.78, 5) is 19.4. The van der Waals surface area contributed by atoms with Crippen molar-refractivity contribution in [1.29, 1.82) is 0 Å². The molecule has 2 rings (SSSR count). The highest BCUT2D eigenvalue weighted by molar-refractivity contribution is 14.1. The summed E-state index contributed by atoms with van der Waals surface area (Å²) in [6, 6.07) is 4.99. The van der Waals surface area contributed by atoms with Gasteiger partial charge in [-0.2, -0.15) is 0 Å². The lowest BCUT2D eigenvalue weighted by Crippen LogP contribution is -2.22. The van der Waals surface area contributed by atoms with Gasteiger partial charge in [-0.3, -0.25) is 9.20 Å². The summed E-state index contributed by atoms with van der Waals surface area (Å²) in [5.41, 5.74) is 10.2. The van der Waals surface area contributed by atoms with Gasteiger partial charge in [-0.05, 0) is 47.2 Å². The molecule has 7 heteroatoms.